The molecular weight excluding hydrogens is 132 g/mol. The van der Waals surface area contributed by atoms with E-state index in [1.165, 1.54) is 0 Å². The molecule has 0 radical (unpaired) electrons. The van der Waals surface area contributed by atoms with Gasteiger partial charge in [-0.25, -0.2) is 0 Å². The molecule has 0 aliphatic carbocycles. The van der Waals surface area contributed by atoms with E-state index >= 15 is 0 Å². The van der Waals surface area contributed by atoms with Crippen LogP contribution in [0.1, 0.15) is 13.3 Å². The minimum absolute atomic E-state index is 0.0394. The molecule has 0 heterocycles. The van der Waals surface area contributed by atoms with E-state index < -0.39 is 12.0 Å². The Balaban J connectivity index is 3.69. The van der Waals surface area contributed by atoms with Crippen molar-refractivity contribution in [1.82, 2.24) is 0 Å². The molecule has 5 N–H and O–H groups in total. The van der Waals surface area contributed by atoms with Gasteiger partial charge >= 0.3 is 5.97 Å². The van der Waals surface area contributed by atoms with Gasteiger partial charge in [-0.2, -0.15) is 0 Å². The molecule has 0 amide bonds. The Morgan fingerprint density at radius 1 is 1.70 bits per heavy atom. The predicted molar refractivity (Wildman–Crippen MR) is 38.4 cm³/mol. The molecule has 0 rings (SSSR count). The first-order valence-corrected chi connectivity index (χ1v) is 3.28. The van der Waals surface area contributed by atoms with Crippen molar-refractivity contribution in [2.75, 3.05) is 6.54 Å². The van der Waals surface area contributed by atoms with Gasteiger partial charge in [0.15, 0.2) is 0 Å². The van der Waals surface area contributed by atoms with Gasteiger partial charge in [-0.1, -0.05) is 6.92 Å². The number of aliphatic carboxylic acids is 1. The fourth-order valence-corrected chi connectivity index (χ4v) is 0.686. The van der Waals surface area contributed by atoms with Crippen molar-refractivity contribution < 1.29 is 9.90 Å². The lowest BCUT2D eigenvalue weighted by Crippen LogP contribution is -2.37. The van der Waals surface area contributed by atoms with E-state index in [0.29, 0.717) is 13.0 Å². The Morgan fingerprint density at radius 3 is 2.50 bits per heavy atom. The van der Waals surface area contributed by atoms with Gasteiger partial charge in [0.25, 0.3) is 0 Å². The average molecular weight is 146 g/mol. The summed E-state index contributed by atoms with van der Waals surface area (Å²) in [5, 5.41) is 8.41. The van der Waals surface area contributed by atoms with Gasteiger partial charge in [0.2, 0.25) is 0 Å². The van der Waals surface area contributed by atoms with Crippen molar-refractivity contribution >= 4 is 5.97 Å². The Kier molecular flexibility index (Phi) is 3.99. The van der Waals surface area contributed by atoms with Crippen LogP contribution in [-0.2, 0) is 4.79 Å². The largest absolute Gasteiger partial charge is 0.480 e. The van der Waals surface area contributed by atoms with Gasteiger partial charge in [-0.05, 0) is 18.9 Å². The maximum Gasteiger partial charge on any atom is 0.320 e. The van der Waals surface area contributed by atoms with Crippen LogP contribution in [0.15, 0.2) is 0 Å². The number of carbonyl (C=O) groups is 1. The average Bonchev–Trinajstić information content (AvgIpc) is 1.87. The first kappa shape index (κ1) is 9.39. The van der Waals surface area contributed by atoms with Crippen molar-refractivity contribution in [1.29, 1.82) is 0 Å². The zero-order valence-corrected chi connectivity index (χ0v) is 6.08. The highest BCUT2D eigenvalue weighted by Crippen LogP contribution is 2.04. The lowest BCUT2D eigenvalue weighted by molar-refractivity contribution is -0.139. The van der Waals surface area contributed by atoms with Crippen LogP contribution in [0.4, 0.5) is 0 Å². The highest BCUT2D eigenvalue weighted by molar-refractivity contribution is 5.73. The molecule has 0 fully saturated rings. The SMILES string of the molecule is C[C@H](CCN)[C@@H](N)C(=O)O. The highest BCUT2D eigenvalue weighted by Gasteiger charge is 2.18. The minimum Gasteiger partial charge on any atom is -0.480 e. The van der Waals surface area contributed by atoms with E-state index in [1.807, 2.05) is 0 Å². The summed E-state index contributed by atoms with van der Waals surface area (Å²) in [6.45, 7) is 2.27. The van der Waals surface area contributed by atoms with Gasteiger partial charge < -0.3 is 16.6 Å². The van der Waals surface area contributed by atoms with E-state index in [0.717, 1.165) is 0 Å². The third-order valence-corrected chi connectivity index (χ3v) is 1.52. The molecule has 2 atom stereocenters. The Labute approximate surface area is 60.2 Å². The van der Waals surface area contributed by atoms with Crippen molar-refractivity contribution in [3.63, 3.8) is 0 Å². The molecule has 0 saturated heterocycles. The summed E-state index contributed by atoms with van der Waals surface area (Å²) in [5.41, 5.74) is 10.5. The summed E-state index contributed by atoms with van der Waals surface area (Å²) in [6, 6.07) is -0.774. The van der Waals surface area contributed by atoms with Crippen LogP contribution >= 0.6 is 0 Å². The first-order valence-electron chi connectivity index (χ1n) is 3.28. The number of carboxylic acids is 1. The van der Waals surface area contributed by atoms with Gasteiger partial charge in [0.1, 0.15) is 6.04 Å². The van der Waals surface area contributed by atoms with Crippen LogP contribution in [-0.4, -0.2) is 23.7 Å². The molecule has 60 valence electrons. The second-order valence-corrected chi connectivity index (χ2v) is 2.42. The van der Waals surface area contributed by atoms with Crippen LogP contribution in [0.2, 0.25) is 0 Å². The normalized spacial score (nSPS) is 16.3. The quantitative estimate of drug-likeness (QED) is 0.493. The topological polar surface area (TPSA) is 89.3 Å². The second-order valence-electron chi connectivity index (χ2n) is 2.42. The smallest absolute Gasteiger partial charge is 0.320 e. The fourth-order valence-electron chi connectivity index (χ4n) is 0.686. The van der Waals surface area contributed by atoms with E-state index in [2.05, 4.69) is 0 Å². The zero-order chi connectivity index (χ0) is 8.15. The Bertz CT molecular complexity index is 116. The number of rotatable bonds is 4. The number of nitrogens with two attached hydrogens (primary N) is 2. The lowest BCUT2D eigenvalue weighted by atomic mass is 10.00. The van der Waals surface area contributed by atoms with Crippen molar-refractivity contribution in [3.8, 4) is 0 Å². The summed E-state index contributed by atoms with van der Waals surface area (Å²) in [5.74, 6) is -0.997. The summed E-state index contributed by atoms with van der Waals surface area (Å²) in [6.07, 6.45) is 0.660. The van der Waals surface area contributed by atoms with Crippen LogP contribution in [0.5, 0.6) is 0 Å². The van der Waals surface area contributed by atoms with Gasteiger partial charge in [-0.3, -0.25) is 4.79 Å². The van der Waals surface area contributed by atoms with Crippen LogP contribution in [0, 0.1) is 5.92 Å². The molecule has 10 heavy (non-hydrogen) atoms. The molecule has 0 bridgehead atoms. The molecule has 0 saturated carbocycles. The maximum atomic E-state index is 10.2. The van der Waals surface area contributed by atoms with Crippen molar-refractivity contribution in [3.05, 3.63) is 0 Å². The third-order valence-electron chi connectivity index (χ3n) is 1.52. The van der Waals surface area contributed by atoms with Crippen molar-refractivity contribution in [2.24, 2.45) is 17.4 Å². The molecule has 0 aliphatic heterocycles. The summed E-state index contributed by atoms with van der Waals surface area (Å²) >= 11 is 0. The van der Waals surface area contributed by atoms with Crippen LogP contribution in [0.3, 0.4) is 0 Å². The zero-order valence-electron chi connectivity index (χ0n) is 6.08. The second kappa shape index (κ2) is 4.24. The lowest BCUT2D eigenvalue weighted by Gasteiger charge is -2.13. The molecule has 0 aromatic heterocycles. The predicted octanol–water partition coefficient (Wildman–Crippen LogP) is -0.617. The third kappa shape index (κ3) is 2.80. The molecular formula is C6H14N2O2. The number of hydrogen-bond acceptors (Lipinski definition) is 3. The summed E-state index contributed by atoms with van der Waals surface area (Å²) in [4.78, 5) is 10.2. The van der Waals surface area contributed by atoms with E-state index in [-0.39, 0.29) is 5.92 Å². The highest BCUT2D eigenvalue weighted by atomic mass is 16.4. The molecule has 0 spiro atoms. The Morgan fingerprint density at radius 2 is 2.20 bits per heavy atom. The van der Waals surface area contributed by atoms with Crippen LogP contribution < -0.4 is 11.5 Å². The van der Waals surface area contributed by atoms with Crippen LogP contribution in [0.25, 0.3) is 0 Å². The van der Waals surface area contributed by atoms with E-state index in [4.69, 9.17) is 16.6 Å². The van der Waals surface area contributed by atoms with Gasteiger partial charge in [0.05, 0.1) is 0 Å². The fraction of sp³-hybridized carbons (Fsp3) is 0.833. The summed E-state index contributed by atoms with van der Waals surface area (Å²) in [7, 11) is 0. The monoisotopic (exact) mass is 146 g/mol. The van der Waals surface area contributed by atoms with E-state index in [9.17, 15) is 4.79 Å². The minimum atomic E-state index is -0.957. The molecule has 0 aromatic rings. The number of hydrogen-bond donors (Lipinski definition) is 3. The molecule has 4 nitrogen and oxygen atoms in total. The first-order chi connectivity index (χ1) is 4.59. The molecule has 0 aromatic carbocycles. The van der Waals surface area contributed by atoms with E-state index in [1.54, 1.807) is 6.92 Å². The standard InChI is InChI=1S/C6H14N2O2/c1-4(2-3-7)5(8)6(9)10/h4-5H,2-3,7-8H2,1H3,(H,9,10)/t4-,5-/m1/s1. The molecule has 0 unspecified atom stereocenters. The van der Waals surface area contributed by atoms with Gasteiger partial charge in [0, 0.05) is 0 Å². The molecule has 0 aliphatic rings. The Hall–Kier alpha value is -0.610. The maximum absolute atomic E-state index is 10.2. The summed E-state index contributed by atoms with van der Waals surface area (Å²) < 4.78 is 0. The van der Waals surface area contributed by atoms with Gasteiger partial charge in [-0.15, -0.1) is 0 Å². The molecule has 4 heteroatoms. The van der Waals surface area contributed by atoms with Crippen molar-refractivity contribution in [2.45, 2.75) is 19.4 Å². The number of carboxylic acid groups (broad SMARTS) is 1.